The minimum Gasteiger partial charge on any atom is -0.481 e. The van der Waals surface area contributed by atoms with Crippen LogP contribution in [0.25, 0.3) is 11.4 Å². The van der Waals surface area contributed by atoms with Crippen molar-refractivity contribution in [1.29, 1.82) is 0 Å². The van der Waals surface area contributed by atoms with Gasteiger partial charge in [0, 0.05) is 24.7 Å². The first-order valence-electron chi connectivity index (χ1n) is 6.95. The summed E-state index contributed by atoms with van der Waals surface area (Å²) in [5.41, 5.74) is 0.853. The molecule has 0 amide bonds. The van der Waals surface area contributed by atoms with Crippen LogP contribution >= 0.6 is 0 Å². The maximum absolute atomic E-state index is 5.40. The van der Waals surface area contributed by atoms with Gasteiger partial charge < -0.3 is 14.0 Å². The first-order chi connectivity index (χ1) is 10.4. The van der Waals surface area contributed by atoms with Gasteiger partial charge in [-0.05, 0) is 25.0 Å². The molecule has 21 heavy (non-hydrogen) atoms. The Morgan fingerprint density at radius 1 is 1.33 bits per heavy atom. The molecule has 0 bridgehead atoms. The molecule has 0 radical (unpaired) electrons. The molecule has 1 aliphatic rings. The van der Waals surface area contributed by atoms with E-state index >= 15 is 0 Å². The fourth-order valence-corrected chi connectivity index (χ4v) is 2.31. The van der Waals surface area contributed by atoms with Crippen molar-refractivity contribution in [2.45, 2.75) is 18.8 Å². The smallest absolute Gasteiger partial charge is 0.230 e. The Balaban J connectivity index is 1.77. The molecule has 0 saturated carbocycles. The number of aromatic nitrogens is 2. The summed E-state index contributed by atoms with van der Waals surface area (Å²) in [6.45, 7) is 1.73. The van der Waals surface area contributed by atoms with E-state index in [1.807, 2.05) is 24.3 Å². The number of benzene rings is 1. The summed E-state index contributed by atoms with van der Waals surface area (Å²) in [6.07, 6.45) is 7.03. The van der Waals surface area contributed by atoms with Crippen molar-refractivity contribution in [2.24, 2.45) is 0 Å². The predicted octanol–water partition coefficient (Wildman–Crippen LogP) is 2.64. The zero-order valence-corrected chi connectivity index (χ0v) is 11.6. The molecule has 0 unspecified atom stereocenters. The summed E-state index contributed by atoms with van der Waals surface area (Å²) in [5, 5.41) is 4.06. The van der Waals surface area contributed by atoms with Gasteiger partial charge in [0.2, 0.25) is 11.7 Å². The van der Waals surface area contributed by atoms with Crippen molar-refractivity contribution < 1.29 is 14.0 Å². The van der Waals surface area contributed by atoms with Crippen LogP contribution in [0.5, 0.6) is 5.75 Å². The van der Waals surface area contributed by atoms with Gasteiger partial charge in [0.05, 0.1) is 0 Å². The van der Waals surface area contributed by atoms with Crippen LogP contribution in [-0.2, 0) is 4.74 Å². The molecule has 1 aliphatic heterocycles. The second-order valence-electron chi connectivity index (χ2n) is 4.86. The van der Waals surface area contributed by atoms with Crippen LogP contribution in [0.2, 0.25) is 0 Å². The normalized spacial score (nSPS) is 15.6. The maximum atomic E-state index is 5.40. The lowest BCUT2D eigenvalue weighted by atomic mass is 10.0. The van der Waals surface area contributed by atoms with Crippen LogP contribution in [0, 0.1) is 12.3 Å². The fraction of sp³-hybridized carbons (Fsp3) is 0.375. The highest BCUT2D eigenvalue weighted by Gasteiger charge is 2.22. The largest absolute Gasteiger partial charge is 0.481 e. The maximum Gasteiger partial charge on any atom is 0.230 e. The van der Waals surface area contributed by atoms with E-state index in [0.29, 0.717) is 23.4 Å². The molecule has 0 N–H and O–H groups in total. The molecule has 0 atom stereocenters. The summed E-state index contributed by atoms with van der Waals surface area (Å²) in [7, 11) is 0. The number of terminal acetylenes is 1. The van der Waals surface area contributed by atoms with E-state index in [4.69, 9.17) is 20.4 Å². The molecule has 108 valence electrons. The highest BCUT2D eigenvalue weighted by molar-refractivity contribution is 5.56. The third-order valence-corrected chi connectivity index (χ3v) is 3.43. The zero-order valence-electron chi connectivity index (χ0n) is 11.6. The van der Waals surface area contributed by atoms with E-state index in [2.05, 4.69) is 16.1 Å². The highest BCUT2D eigenvalue weighted by atomic mass is 16.5. The minimum absolute atomic E-state index is 0.239. The van der Waals surface area contributed by atoms with Gasteiger partial charge in [0.15, 0.2) is 0 Å². The number of hydrogen-bond donors (Lipinski definition) is 0. The SMILES string of the molecule is C#CCOc1cccc(-c2noc(C3CCOCC3)n2)c1. The van der Waals surface area contributed by atoms with Gasteiger partial charge >= 0.3 is 0 Å². The molecule has 1 aromatic carbocycles. The average molecular weight is 284 g/mol. The Kier molecular flexibility index (Phi) is 4.17. The number of hydrogen-bond acceptors (Lipinski definition) is 5. The molecule has 1 aromatic heterocycles. The van der Waals surface area contributed by atoms with Crippen molar-refractivity contribution in [3.05, 3.63) is 30.2 Å². The average Bonchev–Trinajstić information content (AvgIpc) is 3.04. The van der Waals surface area contributed by atoms with E-state index in [0.717, 1.165) is 31.6 Å². The molecule has 0 aliphatic carbocycles. The second kappa shape index (κ2) is 6.42. The van der Waals surface area contributed by atoms with E-state index in [1.54, 1.807) is 0 Å². The highest BCUT2D eigenvalue weighted by Crippen LogP contribution is 2.28. The van der Waals surface area contributed by atoms with Crippen molar-refractivity contribution in [2.75, 3.05) is 19.8 Å². The quantitative estimate of drug-likeness (QED) is 0.808. The number of ether oxygens (including phenoxy) is 2. The number of rotatable bonds is 4. The van der Waals surface area contributed by atoms with Crippen LogP contribution < -0.4 is 4.74 Å². The summed E-state index contributed by atoms with van der Waals surface area (Å²) < 4.78 is 16.1. The van der Waals surface area contributed by atoms with Crippen molar-refractivity contribution in [1.82, 2.24) is 10.1 Å². The van der Waals surface area contributed by atoms with Gasteiger partial charge in [-0.15, -0.1) is 6.42 Å². The first-order valence-corrected chi connectivity index (χ1v) is 6.95. The third kappa shape index (κ3) is 3.23. The van der Waals surface area contributed by atoms with E-state index in [9.17, 15) is 0 Å². The Bertz CT molecular complexity index is 639. The lowest BCUT2D eigenvalue weighted by Crippen LogP contribution is -2.14. The van der Waals surface area contributed by atoms with Crippen molar-refractivity contribution in [3.63, 3.8) is 0 Å². The molecule has 3 rings (SSSR count). The lowest BCUT2D eigenvalue weighted by Gasteiger charge is -2.17. The van der Waals surface area contributed by atoms with Crippen LogP contribution in [0.3, 0.4) is 0 Å². The summed E-state index contributed by atoms with van der Waals surface area (Å²) >= 11 is 0. The molecular weight excluding hydrogens is 268 g/mol. The van der Waals surface area contributed by atoms with Crippen molar-refractivity contribution in [3.8, 4) is 29.5 Å². The molecule has 0 spiro atoms. The van der Waals surface area contributed by atoms with Gasteiger partial charge in [0.25, 0.3) is 0 Å². The molecular formula is C16H16N2O3. The topological polar surface area (TPSA) is 57.4 Å². The number of nitrogens with zero attached hydrogens (tertiary/aromatic N) is 2. The Hall–Kier alpha value is -2.32. The fourth-order valence-electron chi connectivity index (χ4n) is 2.31. The standard InChI is InChI=1S/C16H16N2O3/c1-2-8-20-14-5-3-4-13(11-14)15-17-16(21-18-15)12-6-9-19-10-7-12/h1,3-5,11-12H,6-10H2. The summed E-state index contributed by atoms with van der Waals surface area (Å²) in [4.78, 5) is 4.50. The lowest BCUT2D eigenvalue weighted by molar-refractivity contribution is 0.0778. The Labute approximate surface area is 123 Å². The second-order valence-corrected chi connectivity index (χ2v) is 4.86. The molecule has 1 fully saturated rings. The third-order valence-electron chi connectivity index (χ3n) is 3.43. The predicted molar refractivity (Wildman–Crippen MR) is 76.9 cm³/mol. The van der Waals surface area contributed by atoms with Gasteiger partial charge in [-0.3, -0.25) is 0 Å². The molecule has 2 aromatic rings. The zero-order chi connectivity index (χ0) is 14.5. The van der Waals surface area contributed by atoms with Gasteiger partial charge in [0.1, 0.15) is 12.4 Å². The molecule has 5 heteroatoms. The van der Waals surface area contributed by atoms with E-state index < -0.39 is 0 Å². The molecule has 2 heterocycles. The van der Waals surface area contributed by atoms with Crippen LogP contribution in [0.15, 0.2) is 28.8 Å². The molecule has 1 saturated heterocycles. The first kappa shape index (κ1) is 13.7. The van der Waals surface area contributed by atoms with Crippen LogP contribution in [-0.4, -0.2) is 30.0 Å². The van der Waals surface area contributed by atoms with E-state index in [-0.39, 0.29) is 6.61 Å². The summed E-state index contributed by atoms with van der Waals surface area (Å²) in [6, 6.07) is 7.50. The van der Waals surface area contributed by atoms with Crippen LogP contribution in [0.4, 0.5) is 0 Å². The molecule has 5 nitrogen and oxygen atoms in total. The monoisotopic (exact) mass is 284 g/mol. The summed E-state index contributed by atoms with van der Waals surface area (Å²) in [5.74, 6) is 4.68. The van der Waals surface area contributed by atoms with Gasteiger partial charge in [-0.1, -0.05) is 23.2 Å². The van der Waals surface area contributed by atoms with E-state index in [1.165, 1.54) is 0 Å². The van der Waals surface area contributed by atoms with Crippen molar-refractivity contribution >= 4 is 0 Å². The van der Waals surface area contributed by atoms with Gasteiger partial charge in [-0.25, -0.2) is 0 Å². The Morgan fingerprint density at radius 2 is 2.19 bits per heavy atom. The van der Waals surface area contributed by atoms with Crippen LogP contribution in [0.1, 0.15) is 24.7 Å². The minimum atomic E-state index is 0.239. The Morgan fingerprint density at radius 3 is 3.00 bits per heavy atom. The van der Waals surface area contributed by atoms with Gasteiger partial charge in [-0.2, -0.15) is 4.98 Å².